The molecule has 1 heteroatoms. The second kappa shape index (κ2) is 11.3. The van der Waals surface area contributed by atoms with Gasteiger partial charge in [0.2, 0.25) is 0 Å². The fourth-order valence-electron chi connectivity index (χ4n) is 5.06. The molecule has 3 aromatic carbocycles. The molecule has 0 aliphatic heterocycles. The molecular weight excluding hydrogens is 403 g/mol. The van der Waals surface area contributed by atoms with E-state index in [0.29, 0.717) is 11.8 Å². The van der Waals surface area contributed by atoms with Crippen LogP contribution in [-0.2, 0) is 12.8 Å². The third kappa shape index (κ3) is 6.14. The normalized spacial score (nSPS) is 18.0. The first-order valence-corrected chi connectivity index (χ1v) is 12.6. The van der Waals surface area contributed by atoms with Gasteiger partial charge in [0.25, 0.3) is 0 Å². The minimum atomic E-state index is -0.122. The second-order valence-electron chi connectivity index (χ2n) is 9.58. The summed E-state index contributed by atoms with van der Waals surface area (Å²) in [6.07, 6.45) is 12.8. The first-order chi connectivity index (χ1) is 16.2. The number of hydrogen-bond donors (Lipinski definition) is 0. The molecule has 0 N–H and O–H groups in total. The van der Waals surface area contributed by atoms with Crippen LogP contribution in [0.4, 0.5) is 4.39 Å². The summed E-state index contributed by atoms with van der Waals surface area (Å²) in [6.45, 7) is 6.06. The van der Waals surface area contributed by atoms with Gasteiger partial charge >= 0.3 is 0 Å². The molecule has 0 nitrogen and oxygen atoms in total. The maximum atomic E-state index is 14.8. The molecule has 0 unspecified atom stereocenters. The van der Waals surface area contributed by atoms with E-state index in [4.69, 9.17) is 0 Å². The molecule has 1 saturated carbocycles. The molecule has 33 heavy (non-hydrogen) atoms. The highest BCUT2D eigenvalue weighted by atomic mass is 19.1. The van der Waals surface area contributed by atoms with Crippen molar-refractivity contribution in [2.75, 3.05) is 0 Å². The number of fused-ring (bicyclic) bond motifs is 1. The monoisotopic (exact) mass is 438 g/mol. The Kier molecular flexibility index (Phi) is 8.01. The second-order valence-corrected chi connectivity index (χ2v) is 9.58. The minimum absolute atomic E-state index is 0.122. The maximum absolute atomic E-state index is 14.8. The minimum Gasteiger partial charge on any atom is -0.206 e. The van der Waals surface area contributed by atoms with Gasteiger partial charge in [-0.3, -0.25) is 0 Å². The zero-order valence-electron chi connectivity index (χ0n) is 19.9. The summed E-state index contributed by atoms with van der Waals surface area (Å²) in [7, 11) is 0. The van der Waals surface area contributed by atoms with E-state index in [9.17, 15) is 4.39 Å². The van der Waals surface area contributed by atoms with Gasteiger partial charge in [-0.25, -0.2) is 4.39 Å². The number of rotatable bonds is 7. The molecule has 0 heterocycles. The van der Waals surface area contributed by atoms with Crippen molar-refractivity contribution in [2.24, 2.45) is 11.8 Å². The van der Waals surface area contributed by atoms with Crippen LogP contribution in [-0.4, -0.2) is 0 Å². The van der Waals surface area contributed by atoms with E-state index < -0.39 is 0 Å². The summed E-state index contributed by atoms with van der Waals surface area (Å²) in [5, 5.41) is 1.56. The SMILES string of the molecule is C=CCCc1ccc2cc(C#Cc3ccc(CCC4CCC(CC)CC4)cc3)ccc2c1F. The average Bonchev–Trinajstić information content (AvgIpc) is 2.87. The van der Waals surface area contributed by atoms with Crippen LogP contribution >= 0.6 is 0 Å². The van der Waals surface area contributed by atoms with Crippen LogP contribution in [0.1, 0.15) is 74.1 Å². The van der Waals surface area contributed by atoms with E-state index >= 15 is 0 Å². The van der Waals surface area contributed by atoms with Crippen LogP contribution in [0.3, 0.4) is 0 Å². The number of allylic oxidation sites excluding steroid dienone is 1. The number of halogens is 1. The fraction of sp³-hybridized carbons (Fsp3) is 0.375. The van der Waals surface area contributed by atoms with Gasteiger partial charge in [0.05, 0.1) is 0 Å². The average molecular weight is 439 g/mol. The van der Waals surface area contributed by atoms with Gasteiger partial charge < -0.3 is 0 Å². The Balaban J connectivity index is 1.37. The number of hydrogen-bond acceptors (Lipinski definition) is 0. The predicted molar refractivity (Wildman–Crippen MR) is 139 cm³/mol. The van der Waals surface area contributed by atoms with Crippen molar-refractivity contribution < 1.29 is 4.39 Å². The molecule has 170 valence electrons. The molecule has 0 aromatic heterocycles. The molecule has 0 bridgehead atoms. The van der Waals surface area contributed by atoms with E-state index in [1.54, 1.807) is 0 Å². The Morgan fingerprint density at radius 1 is 0.879 bits per heavy atom. The van der Waals surface area contributed by atoms with Crippen LogP contribution in [0.2, 0.25) is 0 Å². The summed E-state index contributed by atoms with van der Waals surface area (Å²) < 4.78 is 14.8. The molecule has 0 radical (unpaired) electrons. The van der Waals surface area contributed by atoms with Crippen molar-refractivity contribution >= 4 is 10.8 Å². The van der Waals surface area contributed by atoms with Gasteiger partial charge in [-0.15, -0.1) is 6.58 Å². The molecule has 0 amide bonds. The molecule has 1 fully saturated rings. The molecule has 1 aliphatic carbocycles. The zero-order valence-corrected chi connectivity index (χ0v) is 19.9. The van der Waals surface area contributed by atoms with E-state index in [-0.39, 0.29) is 5.82 Å². The number of aryl methyl sites for hydroxylation is 2. The van der Waals surface area contributed by atoms with Crippen molar-refractivity contribution in [3.05, 3.63) is 95.3 Å². The van der Waals surface area contributed by atoms with Gasteiger partial charge in [-0.2, -0.15) is 0 Å². The lowest BCUT2D eigenvalue weighted by molar-refractivity contribution is 0.259. The topological polar surface area (TPSA) is 0 Å². The van der Waals surface area contributed by atoms with Crippen molar-refractivity contribution in [3.63, 3.8) is 0 Å². The molecule has 1 aliphatic rings. The first kappa shape index (κ1) is 23.3. The van der Waals surface area contributed by atoms with Gasteiger partial charge in [-0.1, -0.05) is 87.3 Å². The van der Waals surface area contributed by atoms with E-state index in [1.807, 2.05) is 36.4 Å². The van der Waals surface area contributed by atoms with Crippen LogP contribution in [0, 0.1) is 29.5 Å². The van der Waals surface area contributed by atoms with E-state index in [1.165, 1.54) is 50.5 Å². The summed E-state index contributed by atoms with van der Waals surface area (Å²) >= 11 is 0. The largest absolute Gasteiger partial charge is 0.206 e. The van der Waals surface area contributed by atoms with E-state index in [2.05, 4.69) is 49.6 Å². The van der Waals surface area contributed by atoms with Crippen molar-refractivity contribution in [2.45, 2.75) is 64.7 Å². The van der Waals surface area contributed by atoms with Gasteiger partial charge in [0.1, 0.15) is 5.82 Å². The molecule has 0 saturated heterocycles. The van der Waals surface area contributed by atoms with Crippen LogP contribution in [0.5, 0.6) is 0 Å². The highest BCUT2D eigenvalue weighted by molar-refractivity contribution is 5.85. The summed E-state index contributed by atoms with van der Waals surface area (Å²) in [4.78, 5) is 0. The van der Waals surface area contributed by atoms with Gasteiger partial charge in [0.15, 0.2) is 0 Å². The third-order valence-corrected chi connectivity index (χ3v) is 7.34. The van der Waals surface area contributed by atoms with Crippen molar-refractivity contribution in [1.82, 2.24) is 0 Å². The van der Waals surface area contributed by atoms with Crippen LogP contribution in [0.25, 0.3) is 10.8 Å². The number of benzene rings is 3. The van der Waals surface area contributed by atoms with Crippen LogP contribution in [0.15, 0.2) is 67.3 Å². The van der Waals surface area contributed by atoms with E-state index in [0.717, 1.165) is 40.3 Å². The fourth-order valence-corrected chi connectivity index (χ4v) is 5.06. The molecular formula is C32H35F. The lowest BCUT2D eigenvalue weighted by Gasteiger charge is -2.27. The summed E-state index contributed by atoms with van der Waals surface area (Å²) in [6, 6.07) is 18.3. The first-order valence-electron chi connectivity index (χ1n) is 12.6. The van der Waals surface area contributed by atoms with Gasteiger partial charge in [0, 0.05) is 16.5 Å². The van der Waals surface area contributed by atoms with Gasteiger partial charge in [-0.05, 0) is 78.3 Å². The molecule has 0 spiro atoms. The molecule has 0 atom stereocenters. The Bertz CT molecular complexity index is 1130. The molecule has 4 rings (SSSR count). The zero-order chi connectivity index (χ0) is 23.0. The smallest absolute Gasteiger partial charge is 0.134 e. The lowest BCUT2D eigenvalue weighted by Crippen LogP contribution is -2.14. The predicted octanol–water partition coefficient (Wildman–Crippen LogP) is 8.65. The Labute approximate surface area is 198 Å². The molecule has 3 aromatic rings. The van der Waals surface area contributed by atoms with Crippen molar-refractivity contribution in [3.8, 4) is 11.8 Å². The highest BCUT2D eigenvalue weighted by Crippen LogP contribution is 2.33. The highest BCUT2D eigenvalue weighted by Gasteiger charge is 2.19. The van der Waals surface area contributed by atoms with Crippen molar-refractivity contribution in [1.29, 1.82) is 0 Å². The Morgan fingerprint density at radius 2 is 1.58 bits per heavy atom. The summed E-state index contributed by atoms with van der Waals surface area (Å²) in [5.74, 6) is 8.27. The standard InChI is InChI=1S/C32H35F/c1-3-5-6-29-20-21-30-23-28(19-22-31(30)32(29)33)18-17-27-15-13-26(14-16-27)12-11-25-9-7-24(4-2)8-10-25/h3,13-16,19-25H,1,4-12H2,2H3. The Hall–Kier alpha value is -2.85. The van der Waals surface area contributed by atoms with Crippen LogP contribution < -0.4 is 0 Å². The maximum Gasteiger partial charge on any atom is 0.134 e. The lowest BCUT2D eigenvalue weighted by atomic mass is 9.78. The quantitative estimate of drug-likeness (QED) is 0.256. The Morgan fingerprint density at radius 3 is 2.30 bits per heavy atom. The third-order valence-electron chi connectivity index (χ3n) is 7.34. The summed E-state index contributed by atoms with van der Waals surface area (Å²) in [5.41, 5.74) is 4.09.